The highest BCUT2D eigenvalue weighted by Crippen LogP contribution is 2.18. The number of halogens is 1. The van der Waals surface area contributed by atoms with E-state index in [0.29, 0.717) is 18.1 Å². The monoisotopic (exact) mass is 305 g/mol. The Morgan fingerprint density at radius 3 is 2.86 bits per heavy atom. The minimum absolute atomic E-state index is 0.0252. The van der Waals surface area contributed by atoms with E-state index >= 15 is 0 Å². The van der Waals surface area contributed by atoms with Crippen LogP contribution in [0.5, 0.6) is 0 Å². The lowest BCUT2D eigenvalue weighted by molar-refractivity contribution is 0.0908. The van der Waals surface area contributed by atoms with Crippen LogP contribution in [0.4, 0.5) is 4.39 Å². The van der Waals surface area contributed by atoms with E-state index in [9.17, 15) is 9.18 Å². The van der Waals surface area contributed by atoms with E-state index in [4.69, 9.17) is 9.26 Å². The summed E-state index contributed by atoms with van der Waals surface area (Å²) < 4.78 is 23.2. The topological polar surface area (TPSA) is 77.3 Å². The van der Waals surface area contributed by atoms with Crippen molar-refractivity contribution in [3.63, 3.8) is 0 Å². The van der Waals surface area contributed by atoms with Crippen molar-refractivity contribution in [2.24, 2.45) is 5.92 Å². The third-order valence-electron chi connectivity index (χ3n) is 3.75. The molecule has 0 radical (unpaired) electrons. The molecule has 1 amide bonds. The molecule has 2 aromatic rings. The molecular weight excluding hydrogens is 289 g/mol. The maximum absolute atomic E-state index is 12.9. The molecule has 1 fully saturated rings. The van der Waals surface area contributed by atoms with E-state index < -0.39 is 5.91 Å². The van der Waals surface area contributed by atoms with Gasteiger partial charge in [0, 0.05) is 24.1 Å². The first-order valence-corrected chi connectivity index (χ1v) is 7.12. The highest BCUT2D eigenvalue weighted by Gasteiger charge is 2.25. The van der Waals surface area contributed by atoms with Gasteiger partial charge in [-0.05, 0) is 37.6 Å². The number of nitrogens with one attached hydrogen (secondary N) is 1. The Bertz CT molecular complexity index is 650. The third kappa shape index (κ3) is 3.14. The molecule has 2 heterocycles. The highest BCUT2D eigenvalue weighted by molar-refractivity contribution is 5.90. The second kappa shape index (κ2) is 6.23. The molecular formula is C15H16FN3O3. The van der Waals surface area contributed by atoms with Crippen molar-refractivity contribution in [3.8, 4) is 11.5 Å². The van der Waals surface area contributed by atoms with Crippen molar-refractivity contribution in [1.82, 2.24) is 15.5 Å². The molecule has 0 spiro atoms. The van der Waals surface area contributed by atoms with Crippen LogP contribution < -0.4 is 5.32 Å². The average Bonchev–Trinajstić information content (AvgIpc) is 3.20. The lowest BCUT2D eigenvalue weighted by Crippen LogP contribution is -2.38. The minimum atomic E-state index is -0.392. The minimum Gasteiger partial charge on any atom is -0.381 e. The number of nitrogens with zero attached hydrogens (tertiary/aromatic N) is 2. The van der Waals surface area contributed by atoms with Crippen LogP contribution >= 0.6 is 0 Å². The molecule has 22 heavy (non-hydrogen) atoms. The molecule has 0 saturated carbocycles. The van der Waals surface area contributed by atoms with Gasteiger partial charge in [0.15, 0.2) is 0 Å². The molecule has 7 heteroatoms. The van der Waals surface area contributed by atoms with Crippen molar-refractivity contribution < 1.29 is 18.4 Å². The predicted octanol–water partition coefficient (Wildman–Crippen LogP) is 2.03. The van der Waals surface area contributed by atoms with Gasteiger partial charge in [-0.15, -0.1) is 0 Å². The molecule has 0 aliphatic carbocycles. The molecule has 1 N–H and O–H groups in total. The molecule has 6 nitrogen and oxygen atoms in total. The van der Waals surface area contributed by atoms with Crippen LogP contribution in [0.25, 0.3) is 11.5 Å². The van der Waals surface area contributed by atoms with Crippen molar-refractivity contribution in [2.45, 2.75) is 19.4 Å². The van der Waals surface area contributed by atoms with E-state index in [1.165, 1.54) is 24.3 Å². The maximum atomic E-state index is 12.9. The molecule has 1 aromatic heterocycles. The standard InChI is InChI=1S/C15H16FN3O3/c1-9(11-6-7-21-8-11)17-14(20)13-18-15(22-19-13)10-2-4-12(16)5-3-10/h2-5,9,11H,6-8H2,1H3,(H,17,20). The Balaban J connectivity index is 1.67. The Kier molecular flexibility index (Phi) is 4.15. The van der Waals surface area contributed by atoms with Gasteiger partial charge in [-0.25, -0.2) is 4.39 Å². The Morgan fingerprint density at radius 1 is 1.41 bits per heavy atom. The molecule has 116 valence electrons. The summed E-state index contributed by atoms with van der Waals surface area (Å²) in [6, 6.07) is 5.59. The fourth-order valence-corrected chi connectivity index (χ4v) is 2.36. The van der Waals surface area contributed by atoms with Crippen LogP contribution in [0.15, 0.2) is 28.8 Å². The lowest BCUT2D eigenvalue weighted by atomic mass is 10.0. The Labute approximate surface area is 126 Å². The maximum Gasteiger partial charge on any atom is 0.292 e. The highest BCUT2D eigenvalue weighted by atomic mass is 19.1. The SMILES string of the molecule is CC(NC(=O)c1noc(-c2ccc(F)cc2)n1)C1CCOC1. The number of ether oxygens (including phenoxy) is 1. The van der Waals surface area contributed by atoms with Gasteiger partial charge < -0.3 is 14.6 Å². The van der Waals surface area contributed by atoms with Crippen LogP contribution in [-0.2, 0) is 4.74 Å². The van der Waals surface area contributed by atoms with Gasteiger partial charge >= 0.3 is 0 Å². The fourth-order valence-electron chi connectivity index (χ4n) is 2.36. The quantitative estimate of drug-likeness (QED) is 0.935. The van der Waals surface area contributed by atoms with Crippen LogP contribution in [0.2, 0.25) is 0 Å². The predicted molar refractivity (Wildman–Crippen MR) is 75.5 cm³/mol. The number of hydrogen-bond acceptors (Lipinski definition) is 5. The molecule has 0 bridgehead atoms. The van der Waals surface area contributed by atoms with Crippen molar-refractivity contribution in [3.05, 3.63) is 35.9 Å². The van der Waals surface area contributed by atoms with Gasteiger partial charge in [0.25, 0.3) is 17.6 Å². The summed E-state index contributed by atoms with van der Waals surface area (Å²) in [6.45, 7) is 3.30. The second-order valence-electron chi connectivity index (χ2n) is 5.32. The first-order valence-electron chi connectivity index (χ1n) is 7.12. The van der Waals surface area contributed by atoms with Gasteiger partial charge in [-0.2, -0.15) is 4.98 Å². The number of carbonyl (C=O) groups excluding carboxylic acids is 1. The first kappa shape index (κ1) is 14.6. The van der Waals surface area contributed by atoms with Crippen LogP contribution in [-0.4, -0.2) is 35.3 Å². The molecule has 1 aliphatic heterocycles. The first-order chi connectivity index (χ1) is 10.6. The summed E-state index contributed by atoms with van der Waals surface area (Å²) >= 11 is 0. The smallest absolute Gasteiger partial charge is 0.292 e. The Hall–Kier alpha value is -2.28. The van der Waals surface area contributed by atoms with Crippen molar-refractivity contribution in [2.75, 3.05) is 13.2 Å². The van der Waals surface area contributed by atoms with Crippen LogP contribution in [0.3, 0.4) is 0 Å². The zero-order valence-electron chi connectivity index (χ0n) is 12.1. The summed E-state index contributed by atoms with van der Waals surface area (Å²) in [5.74, 6) is -0.301. The number of rotatable bonds is 4. The molecule has 2 atom stereocenters. The normalized spacial score (nSPS) is 19.1. The van der Waals surface area contributed by atoms with Crippen molar-refractivity contribution >= 4 is 5.91 Å². The van der Waals surface area contributed by atoms with Crippen molar-refractivity contribution in [1.29, 1.82) is 0 Å². The van der Waals surface area contributed by atoms with Gasteiger partial charge in [-0.3, -0.25) is 4.79 Å². The number of amides is 1. The summed E-state index contributed by atoms with van der Waals surface area (Å²) in [7, 11) is 0. The van der Waals surface area contributed by atoms with E-state index in [-0.39, 0.29) is 23.6 Å². The summed E-state index contributed by atoms with van der Waals surface area (Å²) in [5, 5.41) is 6.52. The Morgan fingerprint density at radius 2 is 2.18 bits per heavy atom. The zero-order chi connectivity index (χ0) is 15.5. The number of aromatic nitrogens is 2. The van der Waals surface area contributed by atoms with Gasteiger partial charge in [-0.1, -0.05) is 5.16 Å². The number of benzene rings is 1. The van der Waals surface area contributed by atoms with E-state index in [1.807, 2.05) is 6.92 Å². The van der Waals surface area contributed by atoms with Gasteiger partial charge in [0.2, 0.25) is 0 Å². The van der Waals surface area contributed by atoms with E-state index in [0.717, 1.165) is 13.0 Å². The number of hydrogen-bond donors (Lipinski definition) is 1. The third-order valence-corrected chi connectivity index (χ3v) is 3.75. The summed E-state index contributed by atoms with van der Waals surface area (Å²) in [6.07, 6.45) is 0.925. The number of carbonyl (C=O) groups is 1. The zero-order valence-corrected chi connectivity index (χ0v) is 12.1. The molecule has 1 aromatic carbocycles. The second-order valence-corrected chi connectivity index (χ2v) is 5.32. The van der Waals surface area contributed by atoms with Crippen LogP contribution in [0, 0.1) is 11.7 Å². The summed E-state index contributed by atoms with van der Waals surface area (Å²) in [4.78, 5) is 16.2. The van der Waals surface area contributed by atoms with Gasteiger partial charge in [0.05, 0.1) is 6.61 Å². The fraction of sp³-hybridized carbons (Fsp3) is 0.400. The van der Waals surface area contributed by atoms with Crippen LogP contribution in [0.1, 0.15) is 24.0 Å². The average molecular weight is 305 g/mol. The lowest BCUT2D eigenvalue weighted by Gasteiger charge is -2.17. The molecule has 2 unspecified atom stereocenters. The molecule has 3 rings (SSSR count). The van der Waals surface area contributed by atoms with E-state index in [1.54, 1.807) is 0 Å². The molecule has 1 aliphatic rings. The van der Waals surface area contributed by atoms with E-state index in [2.05, 4.69) is 15.5 Å². The summed E-state index contributed by atoms with van der Waals surface area (Å²) in [5.41, 5.74) is 0.560. The van der Waals surface area contributed by atoms with Gasteiger partial charge in [0.1, 0.15) is 5.82 Å². The largest absolute Gasteiger partial charge is 0.381 e. The molecule has 1 saturated heterocycles.